The average Bonchev–Trinajstić information content (AvgIpc) is 2.76. The number of aromatic amines is 1. The highest BCUT2D eigenvalue weighted by molar-refractivity contribution is 7.99. The Labute approximate surface area is 99.4 Å². The Hall–Kier alpha value is -0.220. The van der Waals surface area contributed by atoms with Gasteiger partial charge in [-0.2, -0.15) is 16.9 Å². The second-order valence-corrected chi connectivity index (χ2v) is 5.46. The van der Waals surface area contributed by atoms with Crippen molar-refractivity contribution in [3.8, 4) is 0 Å². The summed E-state index contributed by atoms with van der Waals surface area (Å²) >= 11 is 7.63. The smallest absolute Gasteiger partial charge is 0.160 e. The molecule has 0 bridgehead atoms. The van der Waals surface area contributed by atoms with Crippen LogP contribution in [0.5, 0.6) is 0 Å². The van der Waals surface area contributed by atoms with Gasteiger partial charge in [-0.3, -0.25) is 5.10 Å². The van der Waals surface area contributed by atoms with E-state index < -0.39 is 0 Å². The maximum absolute atomic E-state index is 5.65. The normalized spacial score (nSPS) is 18.2. The predicted molar refractivity (Wildman–Crippen MR) is 64.1 cm³/mol. The van der Waals surface area contributed by atoms with E-state index in [1.54, 1.807) is 0 Å². The highest BCUT2D eigenvalue weighted by Gasteiger charge is 2.14. The molecule has 2 rings (SSSR count). The molecule has 1 fully saturated rings. The third-order valence-electron chi connectivity index (χ3n) is 2.70. The Bertz CT molecular complexity index is 297. The van der Waals surface area contributed by atoms with Gasteiger partial charge in [0.2, 0.25) is 0 Å². The van der Waals surface area contributed by atoms with Gasteiger partial charge in [-0.25, -0.2) is 4.98 Å². The van der Waals surface area contributed by atoms with Crippen LogP contribution in [0.2, 0.25) is 0 Å². The molecule has 1 heterocycles. The zero-order chi connectivity index (χ0) is 10.5. The molecule has 5 heteroatoms. The van der Waals surface area contributed by atoms with Crippen LogP contribution in [0, 0.1) is 0 Å². The highest BCUT2D eigenvalue weighted by Crippen LogP contribution is 2.29. The quantitative estimate of drug-likeness (QED) is 0.829. The highest BCUT2D eigenvalue weighted by atomic mass is 35.5. The van der Waals surface area contributed by atoms with Gasteiger partial charge in [0.15, 0.2) is 5.82 Å². The summed E-state index contributed by atoms with van der Waals surface area (Å²) in [5, 5.41) is 7.78. The first-order valence-electron chi connectivity index (χ1n) is 5.46. The SMILES string of the molecule is ClCc1nc(CSC2CCCCC2)n[nH]1. The molecule has 1 aliphatic rings. The van der Waals surface area contributed by atoms with Crippen molar-refractivity contribution < 1.29 is 0 Å². The zero-order valence-corrected chi connectivity index (χ0v) is 10.3. The number of thioether (sulfide) groups is 1. The van der Waals surface area contributed by atoms with Crippen molar-refractivity contribution in [1.82, 2.24) is 15.2 Å². The van der Waals surface area contributed by atoms with E-state index in [9.17, 15) is 0 Å². The minimum absolute atomic E-state index is 0.418. The molecule has 1 saturated carbocycles. The van der Waals surface area contributed by atoms with Gasteiger partial charge in [-0.1, -0.05) is 19.3 Å². The standard InChI is InChI=1S/C10H16ClN3S/c11-6-9-12-10(14-13-9)7-15-8-4-2-1-3-5-8/h8H,1-7H2,(H,12,13,14). The van der Waals surface area contributed by atoms with Crippen LogP contribution in [0.1, 0.15) is 43.8 Å². The van der Waals surface area contributed by atoms with E-state index in [-0.39, 0.29) is 0 Å². The molecular formula is C10H16ClN3S. The molecular weight excluding hydrogens is 230 g/mol. The van der Waals surface area contributed by atoms with Crippen LogP contribution in [0.4, 0.5) is 0 Å². The second-order valence-electron chi connectivity index (χ2n) is 3.90. The molecule has 0 radical (unpaired) electrons. The third-order valence-corrected chi connectivity index (χ3v) is 4.33. The molecule has 1 aromatic heterocycles. The summed E-state index contributed by atoms with van der Waals surface area (Å²) in [6.07, 6.45) is 6.90. The van der Waals surface area contributed by atoms with Crippen molar-refractivity contribution in [2.75, 3.05) is 0 Å². The number of hydrogen-bond acceptors (Lipinski definition) is 3. The summed E-state index contributed by atoms with van der Waals surface area (Å²) in [6.45, 7) is 0. The van der Waals surface area contributed by atoms with E-state index >= 15 is 0 Å². The number of rotatable bonds is 4. The molecule has 84 valence electrons. The number of nitrogens with zero attached hydrogens (tertiary/aromatic N) is 2. The summed E-state index contributed by atoms with van der Waals surface area (Å²) in [7, 11) is 0. The fourth-order valence-electron chi connectivity index (χ4n) is 1.88. The molecule has 1 aliphatic carbocycles. The summed E-state index contributed by atoms with van der Waals surface area (Å²) in [6, 6.07) is 0. The molecule has 1 N–H and O–H groups in total. The molecule has 3 nitrogen and oxygen atoms in total. The maximum atomic E-state index is 5.65. The van der Waals surface area contributed by atoms with Gasteiger partial charge < -0.3 is 0 Å². The van der Waals surface area contributed by atoms with Gasteiger partial charge in [0.1, 0.15) is 5.82 Å². The fraction of sp³-hybridized carbons (Fsp3) is 0.800. The molecule has 0 atom stereocenters. The van der Waals surface area contributed by atoms with Crippen LogP contribution >= 0.6 is 23.4 Å². The molecule has 0 spiro atoms. The van der Waals surface area contributed by atoms with Gasteiger partial charge >= 0.3 is 0 Å². The van der Waals surface area contributed by atoms with Gasteiger partial charge in [-0.15, -0.1) is 11.6 Å². The summed E-state index contributed by atoms with van der Waals surface area (Å²) in [5.41, 5.74) is 0. The number of hydrogen-bond donors (Lipinski definition) is 1. The molecule has 1 aromatic rings. The van der Waals surface area contributed by atoms with E-state index in [2.05, 4.69) is 15.2 Å². The lowest BCUT2D eigenvalue weighted by molar-refractivity contribution is 0.516. The van der Waals surface area contributed by atoms with Crippen molar-refractivity contribution >= 4 is 23.4 Å². The number of alkyl halides is 1. The Balaban J connectivity index is 1.76. The van der Waals surface area contributed by atoms with Crippen LogP contribution in [0.25, 0.3) is 0 Å². The predicted octanol–water partition coefficient (Wildman–Crippen LogP) is 3.11. The monoisotopic (exact) mass is 245 g/mol. The molecule has 0 amide bonds. The van der Waals surface area contributed by atoms with Crippen LogP contribution in [0.3, 0.4) is 0 Å². The van der Waals surface area contributed by atoms with Crippen molar-refractivity contribution in [2.24, 2.45) is 0 Å². The summed E-state index contributed by atoms with van der Waals surface area (Å²) < 4.78 is 0. The molecule has 0 unspecified atom stereocenters. The number of H-pyrrole nitrogens is 1. The second kappa shape index (κ2) is 5.75. The van der Waals surface area contributed by atoms with Crippen LogP contribution in [0.15, 0.2) is 0 Å². The lowest BCUT2D eigenvalue weighted by Crippen LogP contribution is -2.08. The molecule has 15 heavy (non-hydrogen) atoms. The maximum Gasteiger partial charge on any atom is 0.160 e. The number of nitrogens with one attached hydrogen (secondary N) is 1. The van der Waals surface area contributed by atoms with Gasteiger partial charge in [0.25, 0.3) is 0 Å². The van der Waals surface area contributed by atoms with Crippen LogP contribution in [-0.2, 0) is 11.6 Å². The van der Waals surface area contributed by atoms with Crippen molar-refractivity contribution in [3.05, 3.63) is 11.6 Å². The van der Waals surface area contributed by atoms with E-state index in [1.165, 1.54) is 32.1 Å². The first-order valence-corrected chi connectivity index (χ1v) is 7.04. The summed E-state index contributed by atoms with van der Waals surface area (Å²) in [5.74, 6) is 3.00. The van der Waals surface area contributed by atoms with Gasteiger partial charge in [0.05, 0.1) is 11.6 Å². The van der Waals surface area contributed by atoms with E-state index in [0.29, 0.717) is 5.88 Å². The largest absolute Gasteiger partial charge is 0.262 e. The lowest BCUT2D eigenvalue weighted by atomic mass is 10.0. The van der Waals surface area contributed by atoms with Gasteiger partial charge in [-0.05, 0) is 12.8 Å². The number of aromatic nitrogens is 3. The van der Waals surface area contributed by atoms with Crippen molar-refractivity contribution in [1.29, 1.82) is 0 Å². The van der Waals surface area contributed by atoms with Crippen LogP contribution < -0.4 is 0 Å². The minimum atomic E-state index is 0.418. The third kappa shape index (κ3) is 3.38. The Kier molecular flexibility index (Phi) is 4.32. The first kappa shape index (κ1) is 11.3. The fourth-order valence-corrected chi connectivity index (χ4v) is 3.18. The van der Waals surface area contributed by atoms with Crippen molar-refractivity contribution in [2.45, 2.75) is 49.0 Å². The minimum Gasteiger partial charge on any atom is -0.262 e. The van der Waals surface area contributed by atoms with E-state index in [0.717, 1.165) is 22.7 Å². The first-order chi connectivity index (χ1) is 7.38. The lowest BCUT2D eigenvalue weighted by Gasteiger charge is -2.20. The Morgan fingerprint density at radius 2 is 2.13 bits per heavy atom. The number of halogens is 1. The average molecular weight is 246 g/mol. The Morgan fingerprint density at radius 1 is 1.33 bits per heavy atom. The topological polar surface area (TPSA) is 41.6 Å². The van der Waals surface area contributed by atoms with Gasteiger partial charge in [0, 0.05) is 5.25 Å². The molecule has 0 aliphatic heterocycles. The molecule has 0 saturated heterocycles. The van der Waals surface area contributed by atoms with E-state index in [1.807, 2.05) is 11.8 Å². The molecule has 0 aromatic carbocycles. The zero-order valence-electron chi connectivity index (χ0n) is 8.71. The Morgan fingerprint density at radius 3 is 2.80 bits per heavy atom. The summed E-state index contributed by atoms with van der Waals surface area (Å²) in [4.78, 5) is 4.29. The van der Waals surface area contributed by atoms with Crippen molar-refractivity contribution in [3.63, 3.8) is 0 Å². The van der Waals surface area contributed by atoms with E-state index in [4.69, 9.17) is 11.6 Å². The van der Waals surface area contributed by atoms with Crippen LogP contribution in [-0.4, -0.2) is 20.4 Å².